The summed E-state index contributed by atoms with van der Waals surface area (Å²) < 4.78 is 10.7. The summed E-state index contributed by atoms with van der Waals surface area (Å²) in [6.45, 7) is 0. The minimum atomic E-state index is 0.261. The van der Waals surface area contributed by atoms with Gasteiger partial charge in [-0.3, -0.25) is 0 Å². The van der Waals surface area contributed by atoms with Gasteiger partial charge < -0.3 is 14.4 Å². The largest absolute Gasteiger partial charge is 0.495 e. The van der Waals surface area contributed by atoms with E-state index in [0.717, 1.165) is 0 Å². The van der Waals surface area contributed by atoms with Crippen LogP contribution in [0.1, 0.15) is 0 Å². The Labute approximate surface area is 84.1 Å². The van der Waals surface area contributed by atoms with Gasteiger partial charge >= 0.3 is 0 Å². The van der Waals surface area contributed by atoms with Crippen LogP contribution in [0, 0.1) is 0 Å². The van der Waals surface area contributed by atoms with Crippen LogP contribution >= 0.6 is 15.9 Å². The molecule has 0 aliphatic carbocycles. The van der Waals surface area contributed by atoms with Crippen LogP contribution in [0.15, 0.2) is 16.6 Å². The van der Waals surface area contributed by atoms with Crippen LogP contribution in [0.25, 0.3) is 0 Å². The fourth-order valence-electron chi connectivity index (χ4n) is 0.898. The topological polar surface area (TPSA) is 47.9 Å². The van der Waals surface area contributed by atoms with Crippen molar-refractivity contribution < 1.29 is 19.6 Å². The van der Waals surface area contributed by atoms with E-state index in [2.05, 4.69) is 20.8 Å². The second kappa shape index (κ2) is 4.34. The number of ether oxygens (including phenoxy) is 2. The molecule has 4 nitrogen and oxygen atoms in total. The summed E-state index contributed by atoms with van der Waals surface area (Å²) in [5.41, 5.74) is 0. The van der Waals surface area contributed by atoms with E-state index in [0.29, 0.717) is 16.0 Å². The first-order chi connectivity index (χ1) is 6.22. The predicted molar refractivity (Wildman–Crippen MR) is 50.5 cm³/mol. The van der Waals surface area contributed by atoms with Crippen molar-refractivity contribution in [3.63, 3.8) is 0 Å². The van der Waals surface area contributed by atoms with Crippen molar-refractivity contribution in [1.29, 1.82) is 0 Å². The third kappa shape index (κ3) is 2.05. The molecule has 0 amide bonds. The van der Waals surface area contributed by atoms with E-state index in [1.54, 1.807) is 0 Å². The van der Waals surface area contributed by atoms with Crippen LogP contribution in [0.5, 0.6) is 17.2 Å². The molecule has 5 heteroatoms. The summed E-state index contributed by atoms with van der Waals surface area (Å²) in [6, 6.07) is 3.07. The molecule has 0 unspecified atom stereocenters. The highest BCUT2D eigenvalue weighted by atomic mass is 79.9. The summed E-state index contributed by atoms with van der Waals surface area (Å²) in [6.07, 6.45) is 0. The zero-order chi connectivity index (χ0) is 9.84. The monoisotopic (exact) mass is 248 g/mol. The van der Waals surface area contributed by atoms with Crippen LogP contribution in [0.2, 0.25) is 0 Å². The number of hydrogen-bond donors (Lipinski definition) is 1. The molecule has 0 saturated heterocycles. The van der Waals surface area contributed by atoms with E-state index in [1.165, 1.54) is 26.4 Å². The van der Waals surface area contributed by atoms with Crippen molar-refractivity contribution >= 4 is 15.9 Å². The smallest absolute Gasteiger partial charge is 0.172 e. The molecule has 0 fully saturated rings. The van der Waals surface area contributed by atoms with Crippen molar-refractivity contribution in [1.82, 2.24) is 0 Å². The van der Waals surface area contributed by atoms with Crippen molar-refractivity contribution in [2.24, 2.45) is 0 Å². The quantitative estimate of drug-likeness (QED) is 0.659. The molecule has 0 heterocycles. The van der Waals surface area contributed by atoms with Crippen molar-refractivity contribution in [3.05, 3.63) is 16.6 Å². The summed E-state index contributed by atoms with van der Waals surface area (Å²) in [5.74, 6) is 1.32. The number of rotatable bonds is 3. The maximum absolute atomic E-state index is 8.44. The second-order valence-corrected chi connectivity index (χ2v) is 3.03. The highest BCUT2D eigenvalue weighted by Crippen LogP contribution is 2.38. The van der Waals surface area contributed by atoms with Crippen LogP contribution in [0.3, 0.4) is 0 Å². The van der Waals surface area contributed by atoms with E-state index < -0.39 is 0 Å². The second-order valence-electron chi connectivity index (χ2n) is 2.23. The van der Waals surface area contributed by atoms with Gasteiger partial charge in [0.2, 0.25) is 0 Å². The first kappa shape index (κ1) is 10.1. The summed E-state index contributed by atoms with van der Waals surface area (Å²) in [5, 5.41) is 8.44. The fourth-order valence-corrected chi connectivity index (χ4v) is 1.45. The van der Waals surface area contributed by atoms with Crippen LogP contribution in [-0.2, 0) is 0 Å². The lowest BCUT2D eigenvalue weighted by molar-refractivity contribution is -0.137. The average Bonchev–Trinajstić information content (AvgIpc) is 2.18. The molecule has 1 aromatic rings. The van der Waals surface area contributed by atoms with Gasteiger partial charge in [0.05, 0.1) is 14.2 Å². The van der Waals surface area contributed by atoms with Crippen molar-refractivity contribution in [3.8, 4) is 17.2 Å². The minimum absolute atomic E-state index is 0.261. The zero-order valence-corrected chi connectivity index (χ0v) is 8.79. The molecule has 0 radical (unpaired) electrons. The number of methoxy groups -OCH3 is 2. The Morgan fingerprint density at radius 1 is 1.15 bits per heavy atom. The Bertz CT molecular complexity index is 275. The molecule has 1 aromatic carbocycles. The van der Waals surface area contributed by atoms with Gasteiger partial charge in [-0.15, -0.1) is 0 Å². The molecule has 0 spiro atoms. The van der Waals surface area contributed by atoms with Crippen LogP contribution in [0.4, 0.5) is 0 Å². The van der Waals surface area contributed by atoms with E-state index in [-0.39, 0.29) is 5.75 Å². The average molecular weight is 249 g/mol. The molecule has 0 saturated carbocycles. The summed E-state index contributed by atoms with van der Waals surface area (Å²) in [4.78, 5) is 4.07. The van der Waals surface area contributed by atoms with Crippen molar-refractivity contribution in [2.45, 2.75) is 0 Å². The Balaban J connectivity index is 3.20. The molecule has 72 valence electrons. The molecule has 1 rings (SSSR count). The lowest BCUT2D eigenvalue weighted by Crippen LogP contribution is -1.92. The Kier molecular flexibility index (Phi) is 3.39. The maximum atomic E-state index is 8.44. The normalized spacial score (nSPS) is 9.54. The predicted octanol–water partition coefficient (Wildman–Crippen LogP) is 2.32. The SMILES string of the molecule is COc1cc(OO)cc(OC)c1Br. The van der Waals surface area contributed by atoms with Gasteiger partial charge in [0, 0.05) is 12.1 Å². The maximum Gasteiger partial charge on any atom is 0.172 e. The summed E-state index contributed by atoms with van der Waals surface area (Å²) >= 11 is 3.28. The standard InChI is InChI=1S/C8H9BrO4/c1-11-6-3-5(13-10)4-7(12-2)8(6)9/h3-4,10H,1-2H3. The lowest BCUT2D eigenvalue weighted by Gasteiger charge is -2.09. The summed E-state index contributed by atoms with van der Waals surface area (Å²) in [7, 11) is 3.03. The van der Waals surface area contributed by atoms with Crippen LogP contribution < -0.4 is 14.4 Å². The van der Waals surface area contributed by atoms with Gasteiger partial charge in [0.25, 0.3) is 0 Å². The van der Waals surface area contributed by atoms with E-state index in [1.807, 2.05) is 0 Å². The lowest BCUT2D eigenvalue weighted by atomic mass is 10.3. The number of halogens is 1. The Morgan fingerprint density at radius 3 is 1.92 bits per heavy atom. The van der Waals surface area contributed by atoms with Crippen molar-refractivity contribution in [2.75, 3.05) is 14.2 Å². The molecule has 0 aromatic heterocycles. The van der Waals surface area contributed by atoms with E-state index in [9.17, 15) is 0 Å². The first-order valence-electron chi connectivity index (χ1n) is 3.46. The molecule has 0 atom stereocenters. The highest BCUT2D eigenvalue weighted by Gasteiger charge is 2.10. The number of hydrogen-bond acceptors (Lipinski definition) is 4. The van der Waals surface area contributed by atoms with Gasteiger partial charge in [-0.2, -0.15) is 0 Å². The van der Waals surface area contributed by atoms with Gasteiger partial charge in [-0.05, 0) is 15.9 Å². The molecule has 0 bridgehead atoms. The van der Waals surface area contributed by atoms with Gasteiger partial charge in [0.1, 0.15) is 16.0 Å². The molecule has 0 aliphatic heterocycles. The molecule has 1 N–H and O–H groups in total. The first-order valence-corrected chi connectivity index (χ1v) is 4.25. The number of benzene rings is 1. The van der Waals surface area contributed by atoms with Gasteiger partial charge in [-0.1, -0.05) is 0 Å². The molecule has 13 heavy (non-hydrogen) atoms. The van der Waals surface area contributed by atoms with E-state index >= 15 is 0 Å². The minimum Gasteiger partial charge on any atom is -0.495 e. The highest BCUT2D eigenvalue weighted by molar-refractivity contribution is 9.10. The van der Waals surface area contributed by atoms with E-state index in [4.69, 9.17) is 14.7 Å². The Hall–Kier alpha value is -0.940. The van der Waals surface area contributed by atoms with Crippen LogP contribution in [-0.4, -0.2) is 19.5 Å². The van der Waals surface area contributed by atoms with Gasteiger partial charge in [-0.25, -0.2) is 5.26 Å². The molecular weight excluding hydrogens is 240 g/mol. The molecule has 0 aliphatic rings. The Morgan fingerprint density at radius 2 is 1.62 bits per heavy atom. The third-order valence-corrected chi connectivity index (χ3v) is 2.31. The fraction of sp³-hybridized carbons (Fsp3) is 0.250. The van der Waals surface area contributed by atoms with Gasteiger partial charge in [0.15, 0.2) is 5.75 Å². The zero-order valence-electron chi connectivity index (χ0n) is 7.20. The third-order valence-electron chi connectivity index (χ3n) is 1.52. The molecular formula is C8H9BrO4.